The molecule has 0 unspecified atom stereocenters. The number of halogens is 1. The molecule has 0 amide bonds. The van der Waals surface area contributed by atoms with E-state index in [-0.39, 0.29) is 0 Å². The van der Waals surface area contributed by atoms with Gasteiger partial charge in [0.1, 0.15) is 12.4 Å². The molecule has 1 N–H and O–H groups in total. The highest BCUT2D eigenvalue weighted by Gasteiger charge is 2.07. The average molecular weight is 335 g/mol. The molecule has 0 fully saturated rings. The van der Waals surface area contributed by atoms with E-state index in [1.807, 2.05) is 67.4 Å². The molecule has 0 spiro atoms. The summed E-state index contributed by atoms with van der Waals surface area (Å²) >= 11 is 11.5. The number of benzene rings is 2. The van der Waals surface area contributed by atoms with Crippen LogP contribution >= 0.6 is 23.8 Å². The summed E-state index contributed by atoms with van der Waals surface area (Å²) in [5.74, 6) is 0.690. The van der Waals surface area contributed by atoms with Crippen molar-refractivity contribution in [3.63, 3.8) is 0 Å². The molecule has 0 bridgehead atoms. The molecule has 0 atom stereocenters. The molecule has 2 aromatic rings. The van der Waals surface area contributed by atoms with Gasteiger partial charge in [0.2, 0.25) is 0 Å². The first-order chi connectivity index (χ1) is 10.6. The topological polar surface area (TPSA) is 24.5 Å². The zero-order chi connectivity index (χ0) is 15.9. The van der Waals surface area contributed by atoms with Crippen LogP contribution in [0.15, 0.2) is 48.5 Å². The van der Waals surface area contributed by atoms with Gasteiger partial charge in [-0.1, -0.05) is 41.9 Å². The van der Waals surface area contributed by atoms with Crippen molar-refractivity contribution in [1.82, 2.24) is 4.90 Å². The Kier molecular flexibility index (Phi) is 6.04. The lowest BCUT2D eigenvalue weighted by molar-refractivity contribution is 0.285. The van der Waals surface area contributed by atoms with E-state index in [0.29, 0.717) is 29.0 Å². The molecular formula is C17H19ClN2OS. The van der Waals surface area contributed by atoms with E-state index in [2.05, 4.69) is 5.32 Å². The number of thiocarbonyl (C=S) groups is 1. The fraction of sp³-hybridized carbons (Fsp3) is 0.235. The first-order valence-electron chi connectivity index (χ1n) is 7.03. The minimum Gasteiger partial charge on any atom is -0.490 e. The van der Waals surface area contributed by atoms with Crippen molar-refractivity contribution in [1.29, 1.82) is 0 Å². The molecule has 5 heteroatoms. The SMILES string of the molecule is Cc1ccccc1NC(=S)N(C)CCOc1ccccc1Cl. The normalized spacial score (nSPS) is 10.1. The maximum atomic E-state index is 6.05. The standard InChI is InChI=1S/C17H19ClN2OS/c1-13-7-3-5-9-15(13)19-17(22)20(2)11-12-21-16-10-6-4-8-14(16)18/h3-10H,11-12H2,1-2H3,(H,19,22). The van der Waals surface area contributed by atoms with Gasteiger partial charge in [0.05, 0.1) is 11.6 Å². The van der Waals surface area contributed by atoms with E-state index in [0.717, 1.165) is 11.3 Å². The van der Waals surface area contributed by atoms with E-state index >= 15 is 0 Å². The summed E-state index contributed by atoms with van der Waals surface area (Å²) in [5, 5.41) is 4.53. The van der Waals surface area contributed by atoms with Crippen LogP contribution in [0.3, 0.4) is 0 Å². The zero-order valence-corrected chi connectivity index (χ0v) is 14.2. The van der Waals surface area contributed by atoms with Gasteiger partial charge < -0.3 is 15.0 Å². The monoisotopic (exact) mass is 334 g/mol. The molecule has 0 aromatic heterocycles. The van der Waals surface area contributed by atoms with Gasteiger partial charge >= 0.3 is 0 Å². The molecule has 2 aromatic carbocycles. The Morgan fingerprint density at radius 3 is 2.59 bits per heavy atom. The second-order valence-electron chi connectivity index (χ2n) is 4.95. The van der Waals surface area contributed by atoms with E-state index in [1.54, 1.807) is 0 Å². The van der Waals surface area contributed by atoms with Crippen LogP contribution in [0, 0.1) is 6.92 Å². The van der Waals surface area contributed by atoms with Crippen LogP contribution in [0.2, 0.25) is 5.02 Å². The van der Waals surface area contributed by atoms with Gasteiger partial charge in [-0.15, -0.1) is 0 Å². The lowest BCUT2D eigenvalue weighted by Crippen LogP contribution is -2.34. The van der Waals surface area contributed by atoms with Crippen LogP contribution in [-0.4, -0.2) is 30.2 Å². The second-order valence-corrected chi connectivity index (χ2v) is 5.74. The number of rotatable bonds is 5. The van der Waals surface area contributed by atoms with Gasteiger partial charge in [-0.05, 0) is 42.9 Å². The third kappa shape index (κ3) is 4.61. The van der Waals surface area contributed by atoms with Crippen LogP contribution in [0.25, 0.3) is 0 Å². The number of anilines is 1. The van der Waals surface area contributed by atoms with E-state index < -0.39 is 0 Å². The smallest absolute Gasteiger partial charge is 0.173 e. The number of ether oxygens (including phenoxy) is 1. The summed E-state index contributed by atoms with van der Waals surface area (Å²) < 4.78 is 5.67. The lowest BCUT2D eigenvalue weighted by Gasteiger charge is -2.22. The Balaban J connectivity index is 1.82. The number of nitrogens with one attached hydrogen (secondary N) is 1. The zero-order valence-electron chi connectivity index (χ0n) is 12.7. The maximum absolute atomic E-state index is 6.05. The van der Waals surface area contributed by atoms with E-state index in [9.17, 15) is 0 Å². The van der Waals surface area contributed by atoms with E-state index in [4.69, 9.17) is 28.6 Å². The molecule has 2 rings (SSSR count). The van der Waals surface area contributed by atoms with Gasteiger partial charge in [-0.3, -0.25) is 0 Å². The highest BCUT2D eigenvalue weighted by molar-refractivity contribution is 7.80. The number of aryl methyl sites for hydroxylation is 1. The van der Waals surface area contributed by atoms with Gasteiger partial charge in [0.15, 0.2) is 5.11 Å². The lowest BCUT2D eigenvalue weighted by atomic mass is 10.2. The van der Waals surface area contributed by atoms with Gasteiger partial charge in [-0.2, -0.15) is 0 Å². The van der Waals surface area contributed by atoms with Crippen molar-refractivity contribution < 1.29 is 4.74 Å². The van der Waals surface area contributed by atoms with Crippen molar-refractivity contribution in [3.8, 4) is 5.75 Å². The van der Waals surface area contributed by atoms with Crippen LogP contribution in [-0.2, 0) is 0 Å². The molecule has 0 saturated heterocycles. The Hall–Kier alpha value is -1.78. The summed E-state index contributed by atoms with van der Waals surface area (Å²) in [7, 11) is 1.93. The van der Waals surface area contributed by atoms with Crippen molar-refractivity contribution in [3.05, 3.63) is 59.1 Å². The van der Waals surface area contributed by atoms with E-state index in [1.165, 1.54) is 0 Å². The number of nitrogens with zero attached hydrogens (tertiary/aromatic N) is 1. The van der Waals surface area contributed by atoms with Gasteiger partial charge in [0, 0.05) is 12.7 Å². The quantitative estimate of drug-likeness (QED) is 0.821. The molecule has 3 nitrogen and oxygen atoms in total. The first kappa shape index (κ1) is 16.6. The van der Waals surface area contributed by atoms with Crippen LogP contribution in [0.5, 0.6) is 5.75 Å². The summed E-state index contributed by atoms with van der Waals surface area (Å²) in [6.45, 7) is 3.23. The third-order valence-electron chi connectivity index (χ3n) is 3.25. The van der Waals surface area contributed by atoms with Crippen molar-refractivity contribution in [2.45, 2.75) is 6.92 Å². The fourth-order valence-electron chi connectivity index (χ4n) is 1.88. The number of para-hydroxylation sites is 2. The number of likely N-dealkylation sites (N-methyl/N-ethyl adjacent to an activating group) is 1. The van der Waals surface area contributed by atoms with Crippen molar-refractivity contribution in [2.24, 2.45) is 0 Å². The largest absolute Gasteiger partial charge is 0.490 e. The molecule has 0 heterocycles. The van der Waals surface area contributed by atoms with Crippen molar-refractivity contribution >= 4 is 34.6 Å². The second kappa shape index (κ2) is 8.01. The van der Waals surface area contributed by atoms with Gasteiger partial charge in [-0.25, -0.2) is 0 Å². The Bertz CT molecular complexity index is 648. The van der Waals surface area contributed by atoms with Crippen LogP contribution < -0.4 is 10.1 Å². The number of hydrogen-bond acceptors (Lipinski definition) is 2. The third-order valence-corrected chi connectivity index (χ3v) is 3.98. The molecule has 116 valence electrons. The minimum atomic E-state index is 0.510. The molecule has 0 saturated carbocycles. The molecule has 0 aliphatic heterocycles. The molecule has 22 heavy (non-hydrogen) atoms. The summed E-state index contributed by atoms with van der Waals surface area (Å²) in [4.78, 5) is 1.94. The summed E-state index contributed by atoms with van der Waals surface area (Å²) in [6, 6.07) is 15.5. The Morgan fingerprint density at radius 1 is 1.18 bits per heavy atom. The minimum absolute atomic E-state index is 0.510. The summed E-state index contributed by atoms with van der Waals surface area (Å²) in [5.41, 5.74) is 2.18. The Labute approximate surface area is 141 Å². The first-order valence-corrected chi connectivity index (χ1v) is 7.81. The van der Waals surface area contributed by atoms with Crippen LogP contribution in [0.4, 0.5) is 5.69 Å². The van der Waals surface area contributed by atoms with Gasteiger partial charge in [0.25, 0.3) is 0 Å². The molecule has 0 aliphatic carbocycles. The molecule has 0 radical (unpaired) electrons. The fourth-order valence-corrected chi connectivity index (χ4v) is 2.27. The number of hydrogen-bond donors (Lipinski definition) is 1. The highest BCUT2D eigenvalue weighted by Crippen LogP contribution is 2.22. The predicted octanol–water partition coefficient (Wildman–Crippen LogP) is 4.36. The highest BCUT2D eigenvalue weighted by atomic mass is 35.5. The summed E-state index contributed by atoms with van der Waals surface area (Å²) in [6.07, 6.45) is 0. The predicted molar refractivity (Wildman–Crippen MR) is 97.0 cm³/mol. The molecular weight excluding hydrogens is 316 g/mol. The average Bonchev–Trinajstić information content (AvgIpc) is 2.51. The maximum Gasteiger partial charge on any atom is 0.173 e. The molecule has 0 aliphatic rings. The Morgan fingerprint density at radius 2 is 1.86 bits per heavy atom. The van der Waals surface area contributed by atoms with Crippen LogP contribution in [0.1, 0.15) is 5.56 Å². The van der Waals surface area contributed by atoms with Crippen molar-refractivity contribution in [2.75, 3.05) is 25.5 Å².